The maximum absolute atomic E-state index is 11.1. The summed E-state index contributed by atoms with van der Waals surface area (Å²) >= 11 is 5.29. The molecule has 1 aliphatic heterocycles. The van der Waals surface area contributed by atoms with Crippen LogP contribution in [0, 0.1) is 0 Å². The Kier molecular flexibility index (Phi) is 4.82. The highest BCUT2D eigenvalue weighted by Gasteiger charge is 2.15. The number of rotatable bonds is 4. The van der Waals surface area contributed by atoms with Crippen molar-refractivity contribution in [2.75, 3.05) is 12.8 Å². The molecular formula is C17H16BrNO3S. The number of carboxylic acid groups (broad SMARTS) is 1. The smallest absolute Gasteiger partial charge is 0.407 e. The first kappa shape index (κ1) is 16.2. The highest BCUT2D eigenvalue weighted by Crippen LogP contribution is 2.36. The number of thioether (sulfide) groups is 1. The average molecular weight is 394 g/mol. The summed E-state index contributed by atoms with van der Waals surface area (Å²) in [6.45, 7) is 0.269. The summed E-state index contributed by atoms with van der Waals surface area (Å²) < 4.78 is 6.91. The zero-order chi connectivity index (χ0) is 16.4. The Morgan fingerprint density at radius 3 is 2.96 bits per heavy atom. The predicted molar refractivity (Wildman–Crippen MR) is 94.6 cm³/mol. The summed E-state index contributed by atoms with van der Waals surface area (Å²) in [4.78, 5) is 13.6. The van der Waals surface area contributed by atoms with Crippen LogP contribution in [0.4, 0.5) is 4.79 Å². The first-order valence-electron chi connectivity index (χ1n) is 7.19. The fraction of sp³-hybridized carbons (Fsp3) is 0.235. The summed E-state index contributed by atoms with van der Waals surface area (Å²) in [5, 5.41) is 9.07. The van der Waals surface area contributed by atoms with Crippen molar-refractivity contribution in [3.05, 3.63) is 52.0 Å². The molecule has 0 aliphatic carbocycles. The molecule has 6 heteroatoms. The van der Waals surface area contributed by atoms with Crippen LogP contribution in [0.15, 0.2) is 45.8 Å². The number of hydrogen-bond donors (Lipinski definition) is 1. The molecule has 0 bridgehead atoms. The molecule has 1 aliphatic rings. The minimum atomic E-state index is -0.967. The maximum Gasteiger partial charge on any atom is 0.407 e. The second kappa shape index (κ2) is 6.84. The Morgan fingerprint density at radius 2 is 2.17 bits per heavy atom. The minimum absolute atomic E-state index is 0.269. The van der Waals surface area contributed by atoms with Crippen LogP contribution in [0.5, 0.6) is 11.5 Å². The molecule has 1 heterocycles. The van der Waals surface area contributed by atoms with Gasteiger partial charge in [-0.1, -0.05) is 15.9 Å². The topological polar surface area (TPSA) is 49.8 Å². The molecule has 1 amide bonds. The summed E-state index contributed by atoms with van der Waals surface area (Å²) in [5.74, 6) is 2.57. The SMILES string of the molecule is CN(Cc1cc(Br)ccc1Oc1ccc2c(c1)CCS2)C(=O)O. The van der Waals surface area contributed by atoms with E-state index in [0.29, 0.717) is 5.75 Å². The first-order chi connectivity index (χ1) is 11.0. The maximum atomic E-state index is 11.1. The Labute approximate surface area is 147 Å². The molecule has 0 fully saturated rings. The third-order valence-corrected chi connectivity index (χ3v) is 5.26. The second-order valence-electron chi connectivity index (χ2n) is 5.36. The average Bonchev–Trinajstić information content (AvgIpc) is 2.97. The molecule has 0 spiro atoms. The van der Waals surface area contributed by atoms with Crippen LogP contribution in [-0.4, -0.2) is 28.9 Å². The number of carbonyl (C=O) groups is 1. The largest absolute Gasteiger partial charge is 0.465 e. The number of nitrogens with zero attached hydrogens (tertiary/aromatic N) is 1. The molecule has 2 aromatic rings. The molecule has 23 heavy (non-hydrogen) atoms. The molecule has 120 valence electrons. The van der Waals surface area contributed by atoms with Gasteiger partial charge in [0.25, 0.3) is 0 Å². The third-order valence-electron chi connectivity index (χ3n) is 3.65. The van der Waals surface area contributed by atoms with Gasteiger partial charge in [0.15, 0.2) is 0 Å². The van der Waals surface area contributed by atoms with Crippen LogP contribution in [0.2, 0.25) is 0 Å². The molecule has 0 atom stereocenters. The standard InChI is InChI=1S/C17H16BrNO3S/c1-19(17(20)21)10-12-8-13(18)2-4-15(12)22-14-3-5-16-11(9-14)6-7-23-16/h2-5,8-9H,6-7,10H2,1H3,(H,20,21). The van der Waals surface area contributed by atoms with Crippen molar-refractivity contribution in [1.29, 1.82) is 0 Å². The molecule has 0 aromatic heterocycles. The molecule has 0 saturated carbocycles. The number of fused-ring (bicyclic) bond motifs is 1. The van der Waals surface area contributed by atoms with Crippen molar-refractivity contribution < 1.29 is 14.6 Å². The molecule has 0 radical (unpaired) electrons. The molecule has 1 N–H and O–H groups in total. The van der Waals surface area contributed by atoms with Crippen molar-refractivity contribution >= 4 is 33.8 Å². The number of ether oxygens (including phenoxy) is 1. The van der Waals surface area contributed by atoms with E-state index in [-0.39, 0.29) is 6.54 Å². The quantitative estimate of drug-likeness (QED) is 0.793. The molecule has 0 unspecified atom stereocenters. The van der Waals surface area contributed by atoms with Crippen molar-refractivity contribution in [2.45, 2.75) is 17.9 Å². The fourth-order valence-corrected chi connectivity index (χ4v) is 3.91. The Bertz CT molecular complexity index is 751. The molecule has 0 saturated heterocycles. The van der Waals surface area contributed by atoms with E-state index in [1.54, 1.807) is 7.05 Å². The van der Waals surface area contributed by atoms with Gasteiger partial charge >= 0.3 is 6.09 Å². The molecular weight excluding hydrogens is 378 g/mol. The monoisotopic (exact) mass is 393 g/mol. The van der Waals surface area contributed by atoms with Crippen LogP contribution in [-0.2, 0) is 13.0 Å². The van der Waals surface area contributed by atoms with Crippen LogP contribution < -0.4 is 4.74 Å². The Hall–Kier alpha value is -1.66. The van der Waals surface area contributed by atoms with Gasteiger partial charge in [0.1, 0.15) is 11.5 Å². The summed E-state index contributed by atoms with van der Waals surface area (Å²) in [6, 6.07) is 11.8. The Morgan fingerprint density at radius 1 is 1.35 bits per heavy atom. The van der Waals surface area contributed by atoms with E-state index >= 15 is 0 Å². The van der Waals surface area contributed by atoms with E-state index in [9.17, 15) is 4.79 Å². The van der Waals surface area contributed by atoms with E-state index < -0.39 is 6.09 Å². The van der Waals surface area contributed by atoms with Gasteiger partial charge in [-0.3, -0.25) is 0 Å². The first-order valence-corrected chi connectivity index (χ1v) is 8.97. The lowest BCUT2D eigenvalue weighted by Gasteiger charge is -2.17. The van der Waals surface area contributed by atoms with E-state index in [0.717, 1.165) is 28.0 Å². The van der Waals surface area contributed by atoms with E-state index in [1.807, 2.05) is 36.0 Å². The van der Waals surface area contributed by atoms with Crippen molar-refractivity contribution in [2.24, 2.45) is 0 Å². The lowest BCUT2D eigenvalue weighted by molar-refractivity contribution is 0.153. The molecule has 4 nitrogen and oxygen atoms in total. The van der Waals surface area contributed by atoms with Crippen molar-refractivity contribution in [1.82, 2.24) is 4.90 Å². The van der Waals surface area contributed by atoms with Gasteiger partial charge in [0, 0.05) is 27.7 Å². The summed E-state index contributed by atoms with van der Waals surface area (Å²) in [5.41, 5.74) is 2.13. The van der Waals surface area contributed by atoms with Gasteiger partial charge in [-0.25, -0.2) is 4.79 Å². The second-order valence-corrected chi connectivity index (χ2v) is 7.41. The number of hydrogen-bond acceptors (Lipinski definition) is 3. The van der Waals surface area contributed by atoms with Crippen LogP contribution in [0.3, 0.4) is 0 Å². The number of benzene rings is 2. The highest BCUT2D eigenvalue weighted by molar-refractivity contribution is 9.10. The van der Waals surface area contributed by atoms with Crippen LogP contribution >= 0.6 is 27.7 Å². The van der Waals surface area contributed by atoms with Crippen LogP contribution in [0.25, 0.3) is 0 Å². The van der Waals surface area contributed by atoms with Gasteiger partial charge in [-0.2, -0.15) is 0 Å². The Balaban J connectivity index is 1.86. The van der Waals surface area contributed by atoms with Crippen molar-refractivity contribution in [3.8, 4) is 11.5 Å². The van der Waals surface area contributed by atoms with Gasteiger partial charge in [-0.15, -0.1) is 11.8 Å². The number of halogens is 1. The predicted octanol–water partition coefficient (Wildman–Crippen LogP) is 5.00. The number of aryl methyl sites for hydroxylation is 1. The summed E-state index contributed by atoms with van der Waals surface area (Å²) in [7, 11) is 1.54. The zero-order valence-electron chi connectivity index (χ0n) is 12.6. The lowest BCUT2D eigenvalue weighted by Crippen LogP contribution is -2.24. The molecule has 3 rings (SSSR count). The van der Waals surface area contributed by atoms with Crippen molar-refractivity contribution in [3.63, 3.8) is 0 Å². The highest BCUT2D eigenvalue weighted by atomic mass is 79.9. The fourth-order valence-electron chi connectivity index (χ4n) is 2.45. The third kappa shape index (κ3) is 3.82. The molecule has 2 aromatic carbocycles. The van der Waals surface area contributed by atoms with E-state index in [1.165, 1.54) is 15.4 Å². The van der Waals surface area contributed by atoms with Crippen LogP contribution in [0.1, 0.15) is 11.1 Å². The van der Waals surface area contributed by atoms with E-state index in [2.05, 4.69) is 28.1 Å². The summed E-state index contributed by atoms with van der Waals surface area (Å²) in [6.07, 6.45) is 0.0945. The van der Waals surface area contributed by atoms with E-state index in [4.69, 9.17) is 9.84 Å². The minimum Gasteiger partial charge on any atom is -0.465 e. The normalized spacial score (nSPS) is 12.8. The van der Waals surface area contributed by atoms with Gasteiger partial charge in [0.05, 0.1) is 6.54 Å². The van der Waals surface area contributed by atoms with Gasteiger partial charge < -0.3 is 14.7 Å². The lowest BCUT2D eigenvalue weighted by atomic mass is 10.1. The number of amides is 1. The van der Waals surface area contributed by atoms with Gasteiger partial charge in [0.2, 0.25) is 0 Å². The van der Waals surface area contributed by atoms with Gasteiger partial charge in [-0.05, 0) is 48.4 Å². The zero-order valence-corrected chi connectivity index (χ0v) is 15.0.